The molecule has 2 rings (SSSR count). The van der Waals surface area contributed by atoms with Gasteiger partial charge in [-0.05, 0) is 44.3 Å². The number of nitrogen functional groups attached to an aromatic ring is 1. The molecule has 0 amide bonds. The fourth-order valence-corrected chi connectivity index (χ4v) is 2.39. The lowest BCUT2D eigenvalue weighted by molar-refractivity contribution is 0.294. The number of nitrogens with two attached hydrogens (primary N) is 1. The van der Waals surface area contributed by atoms with Gasteiger partial charge in [0.1, 0.15) is 5.82 Å². The van der Waals surface area contributed by atoms with Crippen molar-refractivity contribution in [3.05, 3.63) is 17.8 Å². The van der Waals surface area contributed by atoms with Gasteiger partial charge in [0.2, 0.25) is 0 Å². The summed E-state index contributed by atoms with van der Waals surface area (Å²) in [7, 11) is 0. The van der Waals surface area contributed by atoms with Crippen molar-refractivity contribution in [2.24, 2.45) is 5.92 Å². The number of anilines is 2. The first-order valence-corrected chi connectivity index (χ1v) is 6.83. The third kappa shape index (κ3) is 3.60. The maximum absolute atomic E-state index is 5.87. The van der Waals surface area contributed by atoms with Gasteiger partial charge in [-0.3, -0.25) is 0 Å². The number of hydrogen-bond donors (Lipinski definition) is 2. The van der Waals surface area contributed by atoms with Crippen LogP contribution in [0.4, 0.5) is 11.5 Å². The predicted octanol–water partition coefficient (Wildman–Crippen LogP) is 2.12. The number of likely N-dealkylation sites (tertiary alicyclic amines) is 1. The number of aryl methyl sites for hydroxylation is 1. The number of nitrogens with one attached hydrogen (secondary N) is 1. The van der Waals surface area contributed by atoms with Gasteiger partial charge in [-0.2, -0.15) is 0 Å². The number of aromatic nitrogens is 1. The Balaban J connectivity index is 1.77. The summed E-state index contributed by atoms with van der Waals surface area (Å²) in [5.41, 5.74) is 7.71. The van der Waals surface area contributed by atoms with Crippen LogP contribution in [0.1, 0.15) is 25.3 Å². The number of hydrogen-bond acceptors (Lipinski definition) is 4. The minimum absolute atomic E-state index is 0.632. The molecule has 1 atom stereocenters. The van der Waals surface area contributed by atoms with E-state index >= 15 is 0 Å². The molecule has 4 heteroatoms. The van der Waals surface area contributed by atoms with Crippen LogP contribution in [-0.4, -0.2) is 36.1 Å². The Morgan fingerprint density at radius 1 is 1.44 bits per heavy atom. The summed E-state index contributed by atoms with van der Waals surface area (Å²) in [5.74, 6) is 1.51. The molecule has 1 aliphatic rings. The summed E-state index contributed by atoms with van der Waals surface area (Å²) < 4.78 is 0. The maximum Gasteiger partial charge on any atom is 0.127 e. The Bertz CT molecular complexity index is 385. The van der Waals surface area contributed by atoms with Crippen molar-refractivity contribution in [2.45, 2.75) is 26.7 Å². The van der Waals surface area contributed by atoms with E-state index in [0.717, 1.165) is 23.6 Å². The van der Waals surface area contributed by atoms with Crippen LogP contribution in [0.3, 0.4) is 0 Å². The van der Waals surface area contributed by atoms with Crippen LogP contribution in [0.15, 0.2) is 12.3 Å². The monoisotopic (exact) mass is 248 g/mol. The highest BCUT2D eigenvalue weighted by Gasteiger charge is 2.14. The Hall–Kier alpha value is -1.29. The molecule has 1 aromatic rings. The number of pyridine rings is 1. The fourth-order valence-electron chi connectivity index (χ4n) is 2.39. The normalized spacial score (nSPS) is 17.9. The van der Waals surface area contributed by atoms with Crippen molar-refractivity contribution in [1.29, 1.82) is 0 Å². The molecule has 2 heterocycles. The summed E-state index contributed by atoms with van der Waals surface area (Å²) in [6.45, 7) is 8.91. The molecule has 1 saturated heterocycles. The van der Waals surface area contributed by atoms with Gasteiger partial charge in [0.25, 0.3) is 0 Å². The second-order valence-corrected chi connectivity index (χ2v) is 5.42. The van der Waals surface area contributed by atoms with Crippen LogP contribution in [0.5, 0.6) is 0 Å². The zero-order chi connectivity index (χ0) is 13.0. The second kappa shape index (κ2) is 6.05. The maximum atomic E-state index is 5.87. The highest BCUT2D eigenvalue weighted by Crippen LogP contribution is 2.15. The predicted molar refractivity (Wildman–Crippen MR) is 76.7 cm³/mol. The van der Waals surface area contributed by atoms with Gasteiger partial charge in [-0.15, -0.1) is 0 Å². The van der Waals surface area contributed by atoms with E-state index in [2.05, 4.69) is 22.1 Å². The zero-order valence-corrected chi connectivity index (χ0v) is 11.4. The van der Waals surface area contributed by atoms with E-state index in [0.29, 0.717) is 5.92 Å². The molecular formula is C14H24N4. The largest absolute Gasteiger partial charge is 0.398 e. The first-order valence-electron chi connectivity index (χ1n) is 6.83. The van der Waals surface area contributed by atoms with E-state index in [1.165, 1.54) is 32.5 Å². The Labute approximate surface area is 110 Å². The lowest BCUT2D eigenvalue weighted by Crippen LogP contribution is -2.29. The molecule has 4 nitrogen and oxygen atoms in total. The van der Waals surface area contributed by atoms with Crippen molar-refractivity contribution in [1.82, 2.24) is 9.88 Å². The van der Waals surface area contributed by atoms with Crippen LogP contribution in [0.25, 0.3) is 0 Å². The van der Waals surface area contributed by atoms with Crippen molar-refractivity contribution < 1.29 is 0 Å². The SMILES string of the molecule is Cc1cnc(NCC(C)CN2CCCC2)cc1N. The highest BCUT2D eigenvalue weighted by molar-refractivity contribution is 5.53. The quantitative estimate of drug-likeness (QED) is 0.838. The lowest BCUT2D eigenvalue weighted by Gasteiger charge is -2.20. The number of rotatable bonds is 5. The van der Waals surface area contributed by atoms with Gasteiger partial charge in [-0.25, -0.2) is 4.98 Å². The van der Waals surface area contributed by atoms with E-state index in [1.807, 2.05) is 19.2 Å². The van der Waals surface area contributed by atoms with Crippen LogP contribution >= 0.6 is 0 Å². The molecule has 0 radical (unpaired) electrons. The van der Waals surface area contributed by atoms with E-state index in [1.54, 1.807) is 0 Å². The van der Waals surface area contributed by atoms with E-state index < -0.39 is 0 Å². The molecule has 100 valence electrons. The van der Waals surface area contributed by atoms with E-state index in [4.69, 9.17) is 5.73 Å². The molecule has 1 aliphatic heterocycles. The Morgan fingerprint density at radius 3 is 2.83 bits per heavy atom. The van der Waals surface area contributed by atoms with Gasteiger partial charge in [-0.1, -0.05) is 6.92 Å². The van der Waals surface area contributed by atoms with Crippen molar-refractivity contribution >= 4 is 11.5 Å². The molecule has 0 bridgehead atoms. The van der Waals surface area contributed by atoms with Gasteiger partial charge >= 0.3 is 0 Å². The minimum atomic E-state index is 0.632. The molecule has 1 fully saturated rings. The molecular weight excluding hydrogens is 224 g/mol. The zero-order valence-electron chi connectivity index (χ0n) is 11.4. The van der Waals surface area contributed by atoms with Crippen LogP contribution in [0.2, 0.25) is 0 Å². The second-order valence-electron chi connectivity index (χ2n) is 5.42. The average Bonchev–Trinajstić information content (AvgIpc) is 2.83. The lowest BCUT2D eigenvalue weighted by atomic mass is 10.1. The summed E-state index contributed by atoms with van der Waals surface area (Å²) in [6.07, 6.45) is 4.54. The molecule has 0 aromatic carbocycles. The summed E-state index contributed by atoms with van der Waals surface area (Å²) >= 11 is 0. The topological polar surface area (TPSA) is 54.2 Å². The van der Waals surface area contributed by atoms with Gasteiger partial charge < -0.3 is 16.0 Å². The first kappa shape index (κ1) is 13.1. The van der Waals surface area contributed by atoms with Gasteiger partial charge in [0.15, 0.2) is 0 Å². The molecule has 0 aliphatic carbocycles. The van der Waals surface area contributed by atoms with E-state index in [9.17, 15) is 0 Å². The Kier molecular flexibility index (Phi) is 4.42. The summed E-state index contributed by atoms with van der Waals surface area (Å²) in [5, 5.41) is 3.37. The molecule has 1 unspecified atom stereocenters. The van der Waals surface area contributed by atoms with Crippen molar-refractivity contribution in [3.63, 3.8) is 0 Å². The highest BCUT2D eigenvalue weighted by atomic mass is 15.1. The summed E-state index contributed by atoms with van der Waals surface area (Å²) in [4.78, 5) is 6.88. The Morgan fingerprint density at radius 2 is 2.17 bits per heavy atom. The fraction of sp³-hybridized carbons (Fsp3) is 0.643. The minimum Gasteiger partial charge on any atom is -0.398 e. The van der Waals surface area contributed by atoms with Crippen LogP contribution in [0, 0.1) is 12.8 Å². The van der Waals surface area contributed by atoms with Crippen LogP contribution in [-0.2, 0) is 0 Å². The van der Waals surface area contributed by atoms with Crippen molar-refractivity contribution in [3.8, 4) is 0 Å². The molecule has 3 N–H and O–H groups in total. The third-order valence-electron chi connectivity index (χ3n) is 3.55. The smallest absolute Gasteiger partial charge is 0.127 e. The third-order valence-corrected chi connectivity index (χ3v) is 3.55. The standard InChI is InChI=1S/C14H24N4/c1-11(10-18-5-3-4-6-18)8-16-14-7-13(15)12(2)9-17-14/h7,9,11H,3-6,8,10H2,1-2H3,(H3,15,16,17). The van der Waals surface area contributed by atoms with Crippen molar-refractivity contribution in [2.75, 3.05) is 37.2 Å². The average molecular weight is 248 g/mol. The number of nitrogens with zero attached hydrogens (tertiary/aromatic N) is 2. The molecule has 0 spiro atoms. The molecule has 1 aromatic heterocycles. The molecule has 18 heavy (non-hydrogen) atoms. The summed E-state index contributed by atoms with van der Waals surface area (Å²) in [6, 6.07) is 1.91. The van der Waals surface area contributed by atoms with Gasteiger partial charge in [0.05, 0.1) is 0 Å². The van der Waals surface area contributed by atoms with Gasteiger partial charge in [0, 0.05) is 31.0 Å². The molecule has 0 saturated carbocycles. The van der Waals surface area contributed by atoms with Crippen LogP contribution < -0.4 is 11.1 Å². The first-order chi connectivity index (χ1) is 8.65. The van der Waals surface area contributed by atoms with E-state index in [-0.39, 0.29) is 0 Å².